The molecule has 0 unspecified atom stereocenters. The molecular formula is C23H29FN2O4S. The van der Waals surface area contributed by atoms with Gasteiger partial charge in [-0.3, -0.25) is 4.79 Å². The third-order valence-electron chi connectivity index (χ3n) is 8.05. The van der Waals surface area contributed by atoms with Crippen molar-refractivity contribution in [2.75, 3.05) is 13.1 Å². The largest absolute Gasteiger partial charge is 0.487 e. The first-order chi connectivity index (χ1) is 14.8. The van der Waals surface area contributed by atoms with Crippen LogP contribution in [0.2, 0.25) is 0 Å². The van der Waals surface area contributed by atoms with Crippen LogP contribution in [-0.2, 0) is 10.2 Å². The number of benzene rings is 1. The molecule has 1 N–H and O–H groups in total. The van der Waals surface area contributed by atoms with E-state index in [2.05, 4.69) is 0 Å². The van der Waals surface area contributed by atoms with Crippen molar-refractivity contribution < 1.29 is 22.3 Å². The van der Waals surface area contributed by atoms with E-state index in [1.54, 1.807) is 0 Å². The minimum atomic E-state index is -3.92. The summed E-state index contributed by atoms with van der Waals surface area (Å²) < 4.78 is 49.4. The topological polar surface area (TPSA) is 75.7 Å². The minimum absolute atomic E-state index is 0.199. The molecule has 0 aromatic heterocycles. The number of nitrogens with one attached hydrogen (secondary N) is 1. The molecule has 1 aliphatic heterocycles. The Kier molecular flexibility index (Phi) is 4.45. The number of rotatable bonds is 6. The molecule has 7 rings (SSSR count). The fourth-order valence-corrected chi connectivity index (χ4v) is 7.91. The lowest BCUT2D eigenvalue weighted by Gasteiger charge is -2.56. The van der Waals surface area contributed by atoms with E-state index in [0.717, 1.165) is 61.8 Å². The van der Waals surface area contributed by atoms with Gasteiger partial charge in [-0.25, -0.2) is 9.11 Å². The number of ether oxygens (including phenoxy) is 1. The Balaban J connectivity index is 1.28. The zero-order valence-electron chi connectivity index (χ0n) is 17.6. The molecule has 0 spiro atoms. The Labute approximate surface area is 182 Å². The average Bonchev–Trinajstić information content (AvgIpc) is 3.42. The van der Waals surface area contributed by atoms with E-state index in [1.165, 1.54) is 35.7 Å². The van der Waals surface area contributed by atoms with Crippen LogP contribution in [0, 0.1) is 23.6 Å². The number of amides is 1. The highest BCUT2D eigenvalue weighted by molar-refractivity contribution is 7.87. The second kappa shape index (κ2) is 6.91. The molecule has 1 saturated heterocycles. The maximum Gasteiger partial charge on any atom is 0.304 e. The van der Waals surface area contributed by atoms with Crippen molar-refractivity contribution in [1.29, 1.82) is 0 Å². The Morgan fingerprint density at radius 1 is 1.06 bits per heavy atom. The second-order valence-electron chi connectivity index (χ2n) is 10.5. The maximum absolute atomic E-state index is 15.0. The van der Waals surface area contributed by atoms with Crippen LogP contribution in [0.4, 0.5) is 4.39 Å². The standard InChI is InChI=1S/C23H29FN2O4S/c24-20-10-21(30-23-11-14-6-15(12-23)8-16(7-14)13-23)18(17-2-3-17)9-19(20)22(27)25-31(28,29)26-4-1-5-26/h9-10,14-17H,1-8,11-13H2,(H,25,27). The lowest BCUT2D eigenvalue weighted by molar-refractivity contribution is -0.108. The van der Waals surface area contributed by atoms with E-state index in [0.29, 0.717) is 18.8 Å². The monoisotopic (exact) mass is 448 g/mol. The first-order valence-corrected chi connectivity index (χ1v) is 13.1. The van der Waals surface area contributed by atoms with Gasteiger partial charge in [0.15, 0.2) is 0 Å². The molecule has 168 valence electrons. The van der Waals surface area contributed by atoms with Crippen LogP contribution in [0.5, 0.6) is 5.75 Å². The summed E-state index contributed by atoms with van der Waals surface area (Å²) in [4.78, 5) is 12.6. The van der Waals surface area contributed by atoms with Gasteiger partial charge in [0.05, 0.1) is 5.56 Å². The van der Waals surface area contributed by atoms with Crippen molar-refractivity contribution in [3.8, 4) is 5.75 Å². The Hall–Kier alpha value is -1.67. The van der Waals surface area contributed by atoms with Crippen molar-refractivity contribution >= 4 is 16.1 Å². The summed E-state index contributed by atoms with van der Waals surface area (Å²) in [6, 6.07) is 2.86. The van der Waals surface area contributed by atoms with Gasteiger partial charge in [-0.15, -0.1) is 0 Å². The summed E-state index contributed by atoms with van der Waals surface area (Å²) in [5.74, 6) is 1.34. The van der Waals surface area contributed by atoms with Gasteiger partial charge in [-0.1, -0.05) is 0 Å². The lowest BCUT2D eigenvalue weighted by Crippen LogP contribution is -2.53. The Bertz CT molecular complexity index is 997. The summed E-state index contributed by atoms with van der Waals surface area (Å²) in [5.41, 5.74) is 0.433. The average molecular weight is 449 g/mol. The third-order valence-corrected chi connectivity index (χ3v) is 9.53. The van der Waals surface area contributed by atoms with E-state index in [9.17, 15) is 13.2 Å². The van der Waals surface area contributed by atoms with Crippen molar-refractivity contribution in [1.82, 2.24) is 9.03 Å². The normalized spacial score (nSPS) is 34.4. The van der Waals surface area contributed by atoms with Crippen LogP contribution in [-0.4, -0.2) is 37.3 Å². The molecule has 4 bridgehead atoms. The molecule has 1 aromatic carbocycles. The number of halogens is 1. The summed E-state index contributed by atoms with van der Waals surface area (Å²) >= 11 is 0. The molecule has 1 amide bonds. The molecule has 8 heteroatoms. The molecule has 6 aliphatic rings. The summed E-state index contributed by atoms with van der Waals surface area (Å²) in [5, 5.41) is 0. The van der Waals surface area contributed by atoms with Gasteiger partial charge in [0.25, 0.3) is 5.91 Å². The highest BCUT2D eigenvalue weighted by Gasteiger charge is 2.53. The van der Waals surface area contributed by atoms with Crippen LogP contribution in [0.3, 0.4) is 0 Å². The van der Waals surface area contributed by atoms with Gasteiger partial charge in [0.2, 0.25) is 0 Å². The van der Waals surface area contributed by atoms with Crippen LogP contribution in [0.1, 0.15) is 79.6 Å². The van der Waals surface area contributed by atoms with E-state index in [4.69, 9.17) is 4.74 Å². The zero-order chi connectivity index (χ0) is 21.4. The Morgan fingerprint density at radius 2 is 1.68 bits per heavy atom. The van der Waals surface area contributed by atoms with Gasteiger partial charge in [0.1, 0.15) is 17.2 Å². The highest BCUT2D eigenvalue weighted by atomic mass is 32.2. The van der Waals surface area contributed by atoms with Crippen molar-refractivity contribution in [2.24, 2.45) is 17.8 Å². The van der Waals surface area contributed by atoms with Crippen molar-refractivity contribution in [3.63, 3.8) is 0 Å². The first kappa shape index (κ1) is 20.0. The van der Waals surface area contributed by atoms with Crippen molar-refractivity contribution in [3.05, 3.63) is 29.1 Å². The number of carbonyl (C=O) groups is 1. The van der Waals surface area contributed by atoms with Gasteiger partial charge in [-0.2, -0.15) is 12.7 Å². The maximum atomic E-state index is 15.0. The number of nitrogens with zero attached hydrogens (tertiary/aromatic N) is 1. The molecule has 5 aliphatic carbocycles. The minimum Gasteiger partial charge on any atom is -0.487 e. The number of hydrogen-bond donors (Lipinski definition) is 1. The number of hydrogen-bond acceptors (Lipinski definition) is 4. The van der Waals surface area contributed by atoms with E-state index in [-0.39, 0.29) is 17.1 Å². The smallest absolute Gasteiger partial charge is 0.304 e. The van der Waals surface area contributed by atoms with E-state index >= 15 is 4.39 Å². The molecule has 1 heterocycles. The second-order valence-corrected chi connectivity index (χ2v) is 12.2. The SMILES string of the molecule is O=C(NS(=O)(=O)N1CCC1)c1cc(C2CC2)c(OC23CC4CC(CC(C4)C2)C3)cc1F. The van der Waals surface area contributed by atoms with E-state index in [1.807, 2.05) is 4.72 Å². The quantitative estimate of drug-likeness (QED) is 0.720. The van der Waals surface area contributed by atoms with Crippen molar-refractivity contribution in [2.45, 2.75) is 69.3 Å². The van der Waals surface area contributed by atoms with E-state index < -0.39 is 21.9 Å². The molecule has 6 fully saturated rings. The highest BCUT2D eigenvalue weighted by Crippen LogP contribution is 2.58. The molecule has 31 heavy (non-hydrogen) atoms. The van der Waals surface area contributed by atoms with Gasteiger partial charge in [0, 0.05) is 19.2 Å². The molecule has 0 radical (unpaired) electrons. The van der Waals surface area contributed by atoms with Crippen LogP contribution >= 0.6 is 0 Å². The third kappa shape index (κ3) is 3.55. The van der Waals surface area contributed by atoms with Crippen LogP contribution < -0.4 is 9.46 Å². The molecule has 0 atom stereocenters. The Morgan fingerprint density at radius 3 is 2.19 bits per heavy atom. The lowest BCUT2D eigenvalue weighted by atomic mass is 9.54. The van der Waals surface area contributed by atoms with Crippen LogP contribution in [0.15, 0.2) is 12.1 Å². The molecule has 1 aromatic rings. The fourth-order valence-electron chi connectivity index (χ4n) is 6.70. The predicted molar refractivity (Wildman–Crippen MR) is 112 cm³/mol. The first-order valence-electron chi connectivity index (χ1n) is 11.6. The van der Waals surface area contributed by atoms with Gasteiger partial charge >= 0.3 is 10.2 Å². The zero-order valence-corrected chi connectivity index (χ0v) is 18.4. The van der Waals surface area contributed by atoms with Gasteiger partial charge < -0.3 is 4.74 Å². The predicted octanol–water partition coefficient (Wildman–Crippen LogP) is 3.73. The molecular weight excluding hydrogens is 419 g/mol. The molecule has 6 nitrogen and oxygen atoms in total. The summed E-state index contributed by atoms with van der Waals surface area (Å²) in [6.07, 6.45) is 9.77. The number of carbonyl (C=O) groups excluding carboxylic acids is 1. The molecule has 5 saturated carbocycles. The summed E-state index contributed by atoms with van der Waals surface area (Å²) in [7, 11) is -3.92. The van der Waals surface area contributed by atoms with Crippen LogP contribution in [0.25, 0.3) is 0 Å². The van der Waals surface area contributed by atoms with Gasteiger partial charge in [-0.05, 0) is 93.1 Å². The fraction of sp³-hybridized carbons (Fsp3) is 0.696. The summed E-state index contributed by atoms with van der Waals surface area (Å²) in [6.45, 7) is 0.770.